The van der Waals surface area contributed by atoms with Crippen molar-refractivity contribution in [3.63, 3.8) is 0 Å². The summed E-state index contributed by atoms with van der Waals surface area (Å²) in [6.45, 7) is 6.57. The Kier molecular flexibility index (Phi) is 10.3. The first-order valence-corrected chi connectivity index (χ1v) is 8.19. The Bertz CT molecular complexity index is 223. The van der Waals surface area contributed by atoms with Crippen LogP contribution in [0.25, 0.3) is 0 Å². The maximum atomic E-state index is 6.01. The highest BCUT2D eigenvalue weighted by atomic mass is 16.7. The van der Waals surface area contributed by atoms with E-state index in [2.05, 4.69) is 13.8 Å². The fraction of sp³-hybridized carbons (Fsp3) is 1.00. The molecule has 0 aromatic carbocycles. The molecule has 4 nitrogen and oxygen atoms in total. The van der Waals surface area contributed by atoms with E-state index in [1.54, 1.807) is 7.11 Å². The first kappa shape index (κ1) is 17.9. The number of hydrogen-bond acceptors (Lipinski definition) is 4. The number of methoxy groups -OCH3 is 1. The third-order valence-electron chi connectivity index (χ3n) is 3.69. The second-order valence-corrected chi connectivity index (χ2v) is 5.46. The number of unbranched alkanes of at least 4 members (excludes halogenated alkanes) is 2. The molecular weight excluding hydrogens is 256 g/mol. The minimum absolute atomic E-state index is 0.00355. The third kappa shape index (κ3) is 7.02. The highest BCUT2D eigenvalue weighted by Crippen LogP contribution is 2.22. The molecule has 0 aromatic rings. The molecule has 120 valence electrons. The van der Waals surface area contributed by atoms with Crippen LogP contribution in [0.1, 0.15) is 58.8 Å². The van der Waals surface area contributed by atoms with Crippen molar-refractivity contribution in [1.82, 2.24) is 0 Å². The fourth-order valence-corrected chi connectivity index (χ4v) is 2.36. The molecule has 4 heteroatoms. The van der Waals surface area contributed by atoms with E-state index >= 15 is 0 Å². The summed E-state index contributed by atoms with van der Waals surface area (Å²) in [4.78, 5) is 0. The summed E-state index contributed by atoms with van der Waals surface area (Å²) in [6, 6.07) is 0. The lowest BCUT2D eigenvalue weighted by molar-refractivity contribution is -0.192. The van der Waals surface area contributed by atoms with Crippen LogP contribution in [0.15, 0.2) is 0 Å². The van der Waals surface area contributed by atoms with E-state index in [4.69, 9.17) is 18.9 Å². The number of hydrogen-bond donors (Lipinski definition) is 0. The van der Waals surface area contributed by atoms with E-state index < -0.39 is 0 Å². The van der Waals surface area contributed by atoms with Crippen LogP contribution in [0, 0.1) is 0 Å². The Balaban J connectivity index is 2.42. The normalized spacial score (nSPS) is 27.4. The maximum absolute atomic E-state index is 6.01. The SMILES string of the molecule is CCCCOC[C@H]1OC(OC)CCC[C@@H]1OCCCC. The lowest BCUT2D eigenvalue weighted by Crippen LogP contribution is -2.37. The molecule has 3 atom stereocenters. The Morgan fingerprint density at radius 2 is 1.80 bits per heavy atom. The molecule has 1 unspecified atom stereocenters. The zero-order valence-electron chi connectivity index (χ0n) is 13.4. The molecule has 1 heterocycles. The summed E-state index contributed by atoms with van der Waals surface area (Å²) < 4.78 is 23.1. The molecule has 0 aromatic heterocycles. The largest absolute Gasteiger partial charge is 0.379 e. The quantitative estimate of drug-likeness (QED) is 0.576. The summed E-state index contributed by atoms with van der Waals surface area (Å²) in [6.07, 6.45) is 7.60. The van der Waals surface area contributed by atoms with Gasteiger partial charge in [-0.05, 0) is 32.1 Å². The second-order valence-electron chi connectivity index (χ2n) is 5.46. The fourth-order valence-electron chi connectivity index (χ4n) is 2.36. The van der Waals surface area contributed by atoms with Crippen LogP contribution in [0.2, 0.25) is 0 Å². The van der Waals surface area contributed by atoms with Gasteiger partial charge >= 0.3 is 0 Å². The van der Waals surface area contributed by atoms with Crippen LogP contribution in [0.3, 0.4) is 0 Å². The monoisotopic (exact) mass is 288 g/mol. The van der Waals surface area contributed by atoms with Gasteiger partial charge in [-0.1, -0.05) is 26.7 Å². The Morgan fingerprint density at radius 3 is 2.50 bits per heavy atom. The highest BCUT2D eigenvalue weighted by Gasteiger charge is 2.29. The predicted molar refractivity (Wildman–Crippen MR) is 79.9 cm³/mol. The van der Waals surface area contributed by atoms with Crippen LogP contribution in [-0.4, -0.2) is 45.4 Å². The molecule has 1 aliphatic rings. The summed E-state index contributed by atoms with van der Waals surface area (Å²) in [5.41, 5.74) is 0. The minimum atomic E-state index is -0.116. The van der Waals surface area contributed by atoms with E-state index in [9.17, 15) is 0 Å². The van der Waals surface area contributed by atoms with Crippen molar-refractivity contribution in [2.45, 2.75) is 77.3 Å². The van der Waals surface area contributed by atoms with Gasteiger partial charge in [0, 0.05) is 20.3 Å². The van der Waals surface area contributed by atoms with Gasteiger partial charge in [0.2, 0.25) is 0 Å². The van der Waals surface area contributed by atoms with Crippen LogP contribution >= 0.6 is 0 Å². The first-order chi connectivity index (χ1) is 9.81. The molecule has 0 radical (unpaired) electrons. The molecule has 20 heavy (non-hydrogen) atoms. The number of rotatable bonds is 10. The van der Waals surface area contributed by atoms with E-state index in [0.717, 1.165) is 58.2 Å². The van der Waals surface area contributed by atoms with Crippen molar-refractivity contribution in [3.8, 4) is 0 Å². The van der Waals surface area contributed by atoms with Crippen LogP contribution < -0.4 is 0 Å². The van der Waals surface area contributed by atoms with Gasteiger partial charge < -0.3 is 18.9 Å². The average Bonchev–Trinajstić information content (AvgIpc) is 2.66. The van der Waals surface area contributed by atoms with Gasteiger partial charge in [-0.15, -0.1) is 0 Å². The van der Waals surface area contributed by atoms with Gasteiger partial charge in [0.05, 0.1) is 12.7 Å². The van der Waals surface area contributed by atoms with E-state index in [1.807, 2.05) is 0 Å². The molecule has 1 fully saturated rings. The average molecular weight is 288 g/mol. The van der Waals surface area contributed by atoms with Gasteiger partial charge in [-0.3, -0.25) is 0 Å². The molecule has 0 N–H and O–H groups in total. The third-order valence-corrected chi connectivity index (χ3v) is 3.69. The number of ether oxygens (including phenoxy) is 4. The van der Waals surface area contributed by atoms with Crippen molar-refractivity contribution in [2.24, 2.45) is 0 Å². The first-order valence-electron chi connectivity index (χ1n) is 8.19. The van der Waals surface area contributed by atoms with Crippen molar-refractivity contribution >= 4 is 0 Å². The molecule has 0 amide bonds. The molecule has 1 saturated heterocycles. The van der Waals surface area contributed by atoms with Crippen LogP contribution in [0.4, 0.5) is 0 Å². The summed E-state index contributed by atoms with van der Waals surface area (Å²) in [5, 5.41) is 0. The van der Waals surface area contributed by atoms with Crippen molar-refractivity contribution in [1.29, 1.82) is 0 Å². The zero-order valence-corrected chi connectivity index (χ0v) is 13.4. The molecule has 0 spiro atoms. The minimum Gasteiger partial charge on any atom is -0.379 e. The van der Waals surface area contributed by atoms with Crippen LogP contribution in [0.5, 0.6) is 0 Å². The smallest absolute Gasteiger partial charge is 0.157 e. The standard InChI is InChI=1S/C16H32O4/c1-4-6-11-18-13-15-14(19-12-7-5-2)9-8-10-16(17-3)20-15/h14-16H,4-13H2,1-3H3/t14-,15+,16?/m0/s1. The summed E-state index contributed by atoms with van der Waals surface area (Å²) in [5.74, 6) is 0. The van der Waals surface area contributed by atoms with Crippen LogP contribution in [-0.2, 0) is 18.9 Å². The molecule has 0 bridgehead atoms. The molecule has 1 aliphatic heterocycles. The summed E-state index contributed by atoms with van der Waals surface area (Å²) in [7, 11) is 1.71. The topological polar surface area (TPSA) is 36.9 Å². The summed E-state index contributed by atoms with van der Waals surface area (Å²) >= 11 is 0. The van der Waals surface area contributed by atoms with E-state index in [-0.39, 0.29) is 18.5 Å². The highest BCUT2D eigenvalue weighted by molar-refractivity contribution is 4.75. The van der Waals surface area contributed by atoms with Crippen molar-refractivity contribution in [3.05, 3.63) is 0 Å². The van der Waals surface area contributed by atoms with Crippen molar-refractivity contribution < 1.29 is 18.9 Å². The van der Waals surface area contributed by atoms with Gasteiger partial charge in [0.1, 0.15) is 6.10 Å². The van der Waals surface area contributed by atoms with E-state index in [1.165, 1.54) is 0 Å². The van der Waals surface area contributed by atoms with Gasteiger partial charge in [0.15, 0.2) is 6.29 Å². The van der Waals surface area contributed by atoms with E-state index in [0.29, 0.717) is 6.61 Å². The maximum Gasteiger partial charge on any atom is 0.157 e. The molecule has 0 aliphatic carbocycles. The van der Waals surface area contributed by atoms with Gasteiger partial charge in [-0.2, -0.15) is 0 Å². The zero-order chi connectivity index (χ0) is 14.6. The Morgan fingerprint density at radius 1 is 1.05 bits per heavy atom. The molecular formula is C16H32O4. The van der Waals surface area contributed by atoms with Gasteiger partial charge in [0.25, 0.3) is 0 Å². The van der Waals surface area contributed by atoms with Gasteiger partial charge in [-0.25, -0.2) is 0 Å². The van der Waals surface area contributed by atoms with Crippen molar-refractivity contribution in [2.75, 3.05) is 26.9 Å². The molecule has 0 saturated carbocycles. The predicted octanol–water partition coefficient (Wildman–Crippen LogP) is 3.53. The second kappa shape index (κ2) is 11.5. The lowest BCUT2D eigenvalue weighted by atomic mass is 10.1. The molecule has 1 rings (SSSR count). The Hall–Kier alpha value is -0.160. The lowest BCUT2D eigenvalue weighted by Gasteiger charge is -2.27. The Labute approximate surface area is 124 Å².